The molecule has 0 aromatic carbocycles. The molecule has 0 spiro atoms. The van der Waals surface area contributed by atoms with Gasteiger partial charge in [0, 0.05) is 51.1 Å². The van der Waals surface area contributed by atoms with Crippen LogP contribution in [-0.4, -0.2) is 64.1 Å². The zero-order chi connectivity index (χ0) is 17.2. The Hall–Kier alpha value is -1.47. The van der Waals surface area contributed by atoms with E-state index in [4.69, 9.17) is 4.52 Å². The molecule has 4 rings (SSSR count). The highest BCUT2D eigenvalue weighted by atomic mass is 16.5. The van der Waals surface area contributed by atoms with Crippen LogP contribution in [0.4, 0.5) is 0 Å². The van der Waals surface area contributed by atoms with Crippen molar-refractivity contribution in [1.82, 2.24) is 25.3 Å². The van der Waals surface area contributed by atoms with E-state index < -0.39 is 0 Å². The van der Waals surface area contributed by atoms with Crippen LogP contribution in [0.1, 0.15) is 50.7 Å². The Balaban J connectivity index is 1.22. The summed E-state index contributed by atoms with van der Waals surface area (Å²) < 4.78 is 5.16. The summed E-state index contributed by atoms with van der Waals surface area (Å²) in [5, 5.41) is 7.68. The molecule has 0 radical (unpaired) electrons. The fourth-order valence-electron chi connectivity index (χ4n) is 4.57. The minimum absolute atomic E-state index is 0.346. The molecule has 3 aliphatic rings. The molecule has 7 nitrogen and oxygen atoms in total. The molecule has 1 aromatic heterocycles. The maximum absolute atomic E-state index is 12.7. The van der Waals surface area contributed by atoms with E-state index in [-0.39, 0.29) is 0 Å². The van der Waals surface area contributed by atoms with Crippen molar-refractivity contribution in [2.45, 2.75) is 64.1 Å². The highest BCUT2D eigenvalue weighted by Crippen LogP contribution is 2.33. The molecule has 25 heavy (non-hydrogen) atoms. The van der Waals surface area contributed by atoms with Gasteiger partial charge in [0.1, 0.15) is 0 Å². The zero-order valence-electron chi connectivity index (χ0n) is 15.1. The average molecular weight is 347 g/mol. The third-order valence-electron chi connectivity index (χ3n) is 5.94. The number of hydrogen-bond donors (Lipinski definition) is 1. The van der Waals surface area contributed by atoms with E-state index in [1.165, 1.54) is 25.7 Å². The Morgan fingerprint density at radius 3 is 2.56 bits per heavy atom. The molecule has 2 unspecified atom stereocenters. The number of aryl methyl sites for hydroxylation is 1. The predicted molar refractivity (Wildman–Crippen MR) is 92.8 cm³/mol. The molecule has 0 aliphatic carbocycles. The number of hydrogen-bond acceptors (Lipinski definition) is 6. The Morgan fingerprint density at radius 1 is 1.20 bits per heavy atom. The van der Waals surface area contributed by atoms with Crippen LogP contribution in [0.5, 0.6) is 0 Å². The number of piperidine rings is 1. The van der Waals surface area contributed by atoms with Crippen molar-refractivity contribution in [2.75, 3.05) is 26.2 Å². The molecule has 3 aliphatic heterocycles. The SMILES string of the molecule is CCc1nc(CN2CCN(C(=O)CC3CC4CCC(C3)N4)CC2)no1. The number of piperazine rings is 1. The smallest absolute Gasteiger partial charge is 0.226 e. The Bertz CT molecular complexity index is 584. The summed E-state index contributed by atoms with van der Waals surface area (Å²) in [4.78, 5) is 21.4. The van der Waals surface area contributed by atoms with E-state index in [2.05, 4.69) is 20.4 Å². The van der Waals surface area contributed by atoms with Crippen LogP contribution in [-0.2, 0) is 17.8 Å². The van der Waals surface area contributed by atoms with Crippen molar-refractivity contribution < 1.29 is 9.32 Å². The minimum Gasteiger partial charge on any atom is -0.340 e. The van der Waals surface area contributed by atoms with Crippen LogP contribution in [0.2, 0.25) is 0 Å². The minimum atomic E-state index is 0.346. The molecular weight excluding hydrogens is 318 g/mol. The predicted octanol–water partition coefficient (Wildman–Crippen LogP) is 1.20. The Kier molecular flexibility index (Phi) is 5.03. The highest BCUT2D eigenvalue weighted by Gasteiger charge is 2.35. The first-order valence-electron chi connectivity index (χ1n) is 9.77. The number of nitrogens with zero attached hydrogens (tertiary/aromatic N) is 4. The molecule has 1 amide bonds. The molecule has 2 bridgehead atoms. The number of amides is 1. The van der Waals surface area contributed by atoms with Gasteiger partial charge in [-0.25, -0.2) is 0 Å². The molecule has 0 saturated carbocycles. The monoisotopic (exact) mass is 347 g/mol. The second-order valence-electron chi connectivity index (χ2n) is 7.79. The van der Waals surface area contributed by atoms with E-state index in [1.807, 2.05) is 11.8 Å². The maximum atomic E-state index is 12.7. The lowest BCUT2D eigenvalue weighted by Crippen LogP contribution is -2.49. The standard InChI is InChI=1S/C18H29N5O2/c1-2-17-20-16(21-25-17)12-22-5-7-23(8-6-22)18(24)11-13-9-14-3-4-15(10-13)19-14/h13-15,19H,2-12H2,1H3. The summed E-state index contributed by atoms with van der Waals surface area (Å²) in [5.74, 6) is 2.37. The third-order valence-corrected chi connectivity index (χ3v) is 5.94. The Morgan fingerprint density at radius 2 is 1.92 bits per heavy atom. The highest BCUT2D eigenvalue weighted by molar-refractivity contribution is 5.76. The molecule has 4 heterocycles. The van der Waals surface area contributed by atoms with Crippen molar-refractivity contribution in [3.05, 3.63) is 11.7 Å². The van der Waals surface area contributed by atoms with Crippen LogP contribution in [0, 0.1) is 5.92 Å². The largest absolute Gasteiger partial charge is 0.340 e. The molecule has 138 valence electrons. The number of carbonyl (C=O) groups is 1. The Labute approximate surface area is 149 Å². The van der Waals surface area contributed by atoms with Gasteiger partial charge in [0.15, 0.2) is 5.82 Å². The number of carbonyl (C=O) groups excluding carboxylic acids is 1. The van der Waals surface area contributed by atoms with Gasteiger partial charge < -0.3 is 14.7 Å². The molecule has 2 atom stereocenters. The number of rotatable bonds is 5. The van der Waals surface area contributed by atoms with Crippen LogP contribution in [0.3, 0.4) is 0 Å². The molecule has 3 fully saturated rings. The van der Waals surface area contributed by atoms with E-state index in [0.29, 0.717) is 36.3 Å². The quantitative estimate of drug-likeness (QED) is 0.863. The van der Waals surface area contributed by atoms with Gasteiger partial charge in [-0.3, -0.25) is 9.69 Å². The lowest BCUT2D eigenvalue weighted by molar-refractivity contribution is -0.134. The summed E-state index contributed by atoms with van der Waals surface area (Å²) in [6, 6.07) is 1.33. The van der Waals surface area contributed by atoms with Gasteiger partial charge in [-0.05, 0) is 31.6 Å². The lowest BCUT2D eigenvalue weighted by atomic mass is 9.89. The van der Waals surface area contributed by atoms with Crippen LogP contribution < -0.4 is 5.32 Å². The van der Waals surface area contributed by atoms with Gasteiger partial charge in [0.25, 0.3) is 0 Å². The third kappa shape index (κ3) is 4.03. The summed E-state index contributed by atoms with van der Waals surface area (Å²) in [5.41, 5.74) is 0. The summed E-state index contributed by atoms with van der Waals surface area (Å²) in [7, 11) is 0. The number of aromatic nitrogens is 2. The van der Waals surface area contributed by atoms with Crippen molar-refractivity contribution in [3.8, 4) is 0 Å². The summed E-state index contributed by atoms with van der Waals surface area (Å²) in [6.45, 7) is 6.13. The van der Waals surface area contributed by atoms with Gasteiger partial charge >= 0.3 is 0 Å². The lowest BCUT2D eigenvalue weighted by Gasteiger charge is -2.36. The van der Waals surface area contributed by atoms with Crippen molar-refractivity contribution >= 4 is 5.91 Å². The van der Waals surface area contributed by atoms with E-state index in [9.17, 15) is 4.79 Å². The van der Waals surface area contributed by atoms with Crippen LogP contribution >= 0.6 is 0 Å². The van der Waals surface area contributed by atoms with Gasteiger partial charge in [0.2, 0.25) is 11.8 Å². The topological polar surface area (TPSA) is 74.5 Å². The summed E-state index contributed by atoms with van der Waals surface area (Å²) >= 11 is 0. The van der Waals surface area contributed by atoms with Crippen LogP contribution in [0.25, 0.3) is 0 Å². The first kappa shape index (κ1) is 17.0. The second-order valence-corrected chi connectivity index (χ2v) is 7.79. The molecule has 1 aromatic rings. The fourth-order valence-corrected chi connectivity index (χ4v) is 4.57. The van der Waals surface area contributed by atoms with Crippen molar-refractivity contribution in [2.24, 2.45) is 5.92 Å². The normalized spacial score (nSPS) is 30.0. The maximum Gasteiger partial charge on any atom is 0.226 e. The van der Waals surface area contributed by atoms with Gasteiger partial charge in [-0.2, -0.15) is 4.98 Å². The van der Waals surface area contributed by atoms with Gasteiger partial charge in [0.05, 0.1) is 6.54 Å². The number of nitrogens with one attached hydrogen (secondary N) is 1. The van der Waals surface area contributed by atoms with Gasteiger partial charge in [-0.1, -0.05) is 12.1 Å². The first-order valence-corrected chi connectivity index (χ1v) is 9.77. The van der Waals surface area contributed by atoms with Crippen LogP contribution in [0.15, 0.2) is 4.52 Å². The van der Waals surface area contributed by atoms with E-state index >= 15 is 0 Å². The zero-order valence-corrected chi connectivity index (χ0v) is 15.1. The van der Waals surface area contributed by atoms with E-state index in [1.54, 1.807) is 0 Å². The number of fused-ring (bicyclic) bond motifs is 2. The summed E-state index contributed by atoms with van der Waals surface area (Å²) in [6.07, 6.45) is 6.46. The van der Waals surface area contributed by atoms with Crippen molar-refractivity contribution in [3.63, 3.8) is 0 Å². The van der Waals surface area contributed by atoms with Crippen molar-refractivity contribution in [1.29, 1.82) is 0 Å². The molecule has 3 saturated heterocycles. The van der Waals surface area contributed by atoms with E-state index in [0.717, 1.165) is 44.8 Å². The molecule has 1 N–H and O–H groups in total. The second kappa shape index (κ2) is 7.41. The molecule has 7 heteroatoms. The molecular formula is C18H29N5O2. The van der Waals surface area contributed by atoms with Gasteiger partial charge in [-0.15, -0.1) is 0 Å². The fraction of sp³-hybridized carbons (Fsp3) is 0.833. The average Bonchev–Trinajstić information content (AvgIpc) is 3.21. The first-order chi connectivity index (χ1) is 12.2.